The molecule has 0 spiro atoms. The number of nitrogens with zero attached hydrogens (tertiary/aromatic N) is 3. The summed E-state index contributed by atoms with van der Waals surface area (Å²) >= 11 is 0. The van der Waals surface area contributed by atoms with E-state index in [0.29, 0.717) is 28.5 Å². The molecule has 0 unspecified atom stereocenters. The van der Waals surface area contributed by atoms with E-state index in [1.165, 1.54) is 4.68 Å². The molecule has 0 aliphatic carbocycles. The Labute approximate surface area is 168 Å². The summed E-state index contributed by atoms with van der Waals surface area (Å²) in [6.07, 6.45) is 3.27. The number of para-hydroxylation sites is 2. The minimum Gasteiger partial charge on any atom is -0.494 e. The van der Waals surface area contributed by atoms with Crippen LogP contribution in [0.4, 0.5) is 0 Å². The molecular weight excluding hydrogens is 366 g/mol. The molecule has 4 rings (SSSR count). The molecule has 0 aliphatic heterocycles. The molecule has 4 aromatic rings. The van der Waals surface area contributed by atoms with Crippen molar-refractivity contribution < 1.29 is 9.47 Å². The molecule has 2 aromatic carbocycles. The Bertz CT molecular complexity index is 1200. The van der Waals surface area contributed by atoms with E-state index in [4.69, 9.17) is 9.47 Å². The van der Waals surface area contributed by atoms with Gasteiger partial charge in [0.1, 0.15) is 22.9 Å². The summed E-state index contributed by atoms with van der Waals surface area (Å²) in [7, 11) is 3.20. The molecule has 0 saturated carbocycles. The maximum absolute atomic E-state index is 12.4. The predicted octanol–water partition coefficient (Wildman–Crippen LogP) is 4.31. The highest BCUT2D eigenvalue weighted by atomic mass is 16.5. The highest BCUT2D eigenvalue weighted by Gasteiger charge is 2.18. The first kappa shape index (κ1) is 18.4. The van der Waals surface area contributed by atoms with Gasteiger partial charge in [-0.1, -0.05) is 30.3 Å². The number of aromatic nitrogens is 3. The normalized spacial score (nSPS) is 10.6. The molecule has 29 heavy (non-hydrogen) atoms. The molecule has 0 N–H and O–H groups in total. The zero-order valence-corrected chi connectivity index (χ0v) is 16.1. The van der Waals surface area contributed by atoms with Crippen molar-refractivity contribution in [3.8, 4) is 39.6 Å². The standard InChI is InChI=1S/C23H19N3O3/c1-26-22(27)14-19(17-12-13-24-15-21(17)28-2)23(25-26)18-10-6-7-11-20(18)29-16-8-4-3-5-9-16/h3-15H,1-2H3. The van der Waals surface area contributed by atoms with Gasteiger partial charge in [-0.3, -0.25) is 9.78 Å². The number of pyridine rings is 1. The van der Waals surface area contributed by atoms with Gasteiger partial charge < -0.3 is 9.47 Å². The van der Waals surface area contributed by atoms with Gasteiger partial charge in [0.2, 0.25) is 0 Å². The van der Waals surface area contributed by atoms with Crippen LogP contribution < -0.4 is 15.0 Å². The fourth-order valence-corrected chi connectivity index (χ4v) is 3.07. The molecule has 0 fully saturated rings. The summed E-state index contributed by atoms with van der Waals surface area (Å²) in [4.78, 5) is 16.5. The zero-order chi connectivity index (χ0) is 20.2. The first-order valence-electron chi connectivity index (χ1n) is 9.06. The van der Waals surface area contributed by atoms with E-state index in [-0.39, 0.29) is 5.56 Å². The smallest absolute Gasteiger partial charge is 0.267 e. The van der Waals surface area contributed by atoms with Crippen LogP contribution in [0, 0.1) is 0 Å². The monoisotopic (exact) mass is 385 g/mol. The van der Waals surface area contributed by atoms with E-state index in [9.17, 15) is 4.79 Å². The van der Waals surface area contributed by atoms with Gasteiger partial charge in [0.15, 0.2) is 0 Å². The summed E-state index contributed by atoms with van der Waals surface area (Å²) < 4.78 is 12.9. The van der Waals surface area contributed by atoms with E-state index in [1.54, 1.807) is 38.7 Å². The quantitative estimate of drug-likeness (QED) is 0.512. The molecular formula is C23H19N3O3. The van der Waals surface area contributed by atoms with Crippen molar-refractivity contribution >= 4 is 0 Å². The van der Waals surface area contributed by atoms with Gasteiger partial charge in [0.05, 0.1) is 13.3 Å². The summed E-state index contributed by atoms with van der Waals surface area (Å²) in [5, 5.41) is 4.55. The van der Waals surface area contributed by atoms with Crippen molar-refractivity contribution in [1.82, 2.24) is 14.8 Å². The van der Waals surface area contributed by atoms with Crippen LogP contribution >= 0.6 is 0 Å². The van der Waals surface area contributed by atoms with E-state index >= 15 is 0 Å². The minimum atomic E-state index is -0.218. The van der Waals surface area contributed by atoms with Gasteiger partial charge in [-0.15, -0.1) is 0 Å². The Kier molecular flexibility index (Phi) is 5.07. The molecule has 0 amide bonds. The molecule has 6 nitrogen and oxygen atoms in total. The largest absolute Gasteiger partial charge is 0.494 e. The van der Waals surface area contributed by atoms with Crippen molar-refractivity contribution in [2.75, 3.05) is 7.11 Å². The summed E-state index contributed by atoms with van der Waals surface area (Å²) in [6.45, 7) is 0. The summed E-state index contributed by atoms with van der Waals surface area (Å²) in [6, 6.07) is 20.5. The maximum Gasteiger partial charge on any atom is 0.267 e. The molecule has 144 valence electrons. The number of hydrogen-bond acceptors (Lipinski definition) is 5. The Morgan fingerprint density at radius 2 is 1.62 bits per heavy atom. The van der Waals surface area contributed by atoms with Gasteiger partial charge in [-0.25, -0.2) is 4.68 Å². The summed E-state index contributed by atoms with van der Waals surface area (Å²) in [5.74, 6) is 1.91. The van der Waals surface area contributed by atoms with Crippen molar-refractivity contribution in [3.05, 3.63) is 89.5 Å². The average molecular weight is 385 g/mol. The van der Waals surface area contributed by atoms with E-state index < -0.39 is 0 Å². The lowest BCUT2D eigenvalue weighted by atomic mass is 9.99. The maximum atomic E-state index is 12.4. The number of hydrogen-bond donors (Lipinski definition) is 0. The van der Waals surface area contributed by atoms with Crippen molar-refractivity contribution in [2.24, 2.45) is 7.05 Å². The molecule has 2 heterocycles. The number of benzene rings is 2. The zero-order valence-electron chi connectivity index (χ0n) is 16.1. The average Bonchev–Trinajstić information content (AvgIpc) is 2.76. The van der Waals surface area contributed by atoms with Crippen molar-refractivity contribution in [2.45, 2.75) is 0 Å². The molecule has 0 atom stereocenters. The second-order valence-corrected chi connectivity index (χ2v) is 6.36. The molecule has 6 heteroatoms. The third-order valence-electron chi connectivity index (χ3n) is 4.50. The Morgan fingerprint density at radius 1 is 0.862 bits per heavy atom. The fraction of sp³-hybridized carbons (Fsp3) is 0.0870. The topological polar surface area (TPSA) is 66.2 Å². The molecule has 2 aromatic heterocycles. The minimum absolute atomic E-state index is 0.218. The Balaban J connectivity index is 1.93. The highest BCUT2D eigenvalue weighted by Crippen LogP contribution is 2.39. The van der Waals surface area contributed by atoms with Crippen molar-refractivity contribution in [3.63, 3.8) is 0 Å². The summed E-state index contributed by atoms with van der Waals surface area (Å²) in [5.41, 5.74) is 2.54. The third-order valence-corrected chi connectivity index (χ3v) is 4.50. The highest BCUT2D eigenvalue weighted by molar-refractivity contribution is 5.85. The van der Waals surface area contributed by atoms with Crippen LogP contribution in [0.5, 0.6) is 17.2 Å². The number of rotatable bonds is 5. The van der Waals surface area contributed by atoms with Crippen LogP contribution in [0.3, 0.4) is 0 Å². The second-order valence-electron chi connectivity index (χ2n) is 6.36. The molecule has 0 saturated heterocycles. The van der Waals surface area contributed by atoms with E-state index in [1.807, 2.05) is 54.6 Å². The lowest BCUT2D eigenvalue weighted by molar-refractivity contribution is 0.414. The number of methoxy groups -OCH3 is 1. The van der Waals surface area contributed by atoms with Crippen molar-refractivity contribution in [1.29, 1.82) is 0 Å². The van der Waals surface area contributed by atoms with Crippen LogP contribution in [0.25, 0.3) is 22.4 Å². The SMILES string of the molecule is COc1cnccc1-c1cc(=O)n(C)nc1-c1ccccc1Oc1ccccc1. The first-order chi connectivity index (χ1) is 14.2. The van der Waals surface area contributed by atoms with Gasteiger partial charge in [0.25, 0.3) is 5.56 Å². The lowest BCUT2D eigenvalue weighted by Crippen LogP contribution is -2.19. The van der Waals surface area contributed by atoms with Crippen LogP contribution in [0.15, 0.2) is 83.9 Å². The predicted molar refractivity (Wildman–Crippen MR) is 111 cm³/mol. The van der Waals surface area contributed by atoms with Crippen LogP contribution in [0.2, 0.25) is 0 Å². The van der Waals surface area contributed by atoms with E-state index in [2.05, 4.69) is 10.1 Å². The Hall–Kier alpha value is -3.93. The van der Waals surface area contributed by atoms with Crippen LogP contribution in [-0.2, 0) is 7.05 Å². The first-order valence-corrected chi connectivity index (χ1v) is 9.06. The van der Waals surface area contributed by atoms with Gasteiger partial charge >= 0.3 is 0 Å². The second kappa shape index (κ2) is 7.98. The number of aryl methyl sites for hydroxylation is 1. The molecule has 0 radical (unpaired) electrons. The van der Waals surface area contributed by atoms with Gasteiger partial charge in [-0.05, 0) is 30.3 Å². The molecule has 0 bridgehead atoms. The van der Waals surface area contributed by atoms with Gasteiger partial charge in [-0.2, -0.15) is 5.10 Å². The molecule has 0 aliphatic rings. The lowest BCUT2D eigenvalue weighted by Gasteiger charge is -2.16. The Morgan fingerprint density at radius 3 is 2.41 bits per heavy atom. The third kappa shape index (κ3) is 3.73. The van der Waals surface area contributed by atoms with Crippen LogP contribution in [-0.4, -0.2) is 21.9 Å². The van der Waals surface area contributed by atoms with E-state index in [0.717, 1.165) is 11.1 Å². The van der Waals surface area contributed by atoms with Gasteiger partial charge in [0, 0.05) is 36.0 Å². The van der Waals surface area contributed by atoms with Crippen LogP contribution in [0.1, 0.15) is 0 Å². The fourth-order valence-electron chi connectivity index (χ4n) is 3.07. The number of ether oxygens (including phenoxy) is 2.